The molecule has 4 rings (SSSR count). The quantitative estimate of drug-likeness (QED) is 0.744. The van der Waals surface area contributed by atoms with Gasteiger partial charge in [0.1, 0.15) is 0 Å². The Morgan fingerprint density at radius 1 is 1.27 bits per heavy atom. The van der Waals surface area contributed by atoms with Crippen molar-refractivity contribution in [3.63, 3.8) is 0 Å². The van der Waals surface area contributed by atoms with E-state index in [0.717, 1.165) is 36.6 Å². The van der Waals surface area contributed by atoms with Gasteiger partial charge in [0.25, 0.3) is 5.91 Å². The highest BCUT2D eigenvalue weighted by Crippen LogP contribution is 2.20. The number of thiazole rings is 1. The molecule has 3 aromatic rings. The molecular weight excluding hydrogens is 350 g/mol. The Morgan fingerprint density at radius 2 is 2.08 bits per heavy atom. The highest BCUT2D eigenvalue weighted by molar-refractivity contribution is 7.13. The number of nitrogens with zero attached hydrogens (tertiary/aromatic N) is 4. The Morgan fingerprint density at radius 3 is 2.81 bits per heavy atom. The van der Waals surface area contributed by atoms with E-state index in [-0.39, 0.29) is 5.91 Å². The molecule has 0 bridgehead atoms. The van der Waals surface area contributed by atoms with E-state index in [1.165, 1.54) is 6.26 Å². The highest BCUT2D eigenvalue weighted by Gasteiger charge is 2.24. The number of aromatic nitrogens is 3. The fourth-order valence-corrected chi connectivity index (χ4v) is 3.76. The van der Waals surface area contributed by atoms with Crippen LogP contribution in [0.5, 0.6) is 0 Å². The SMILES string of the molecule is O=C(c1ccco1)N1CCC(NCc2csc(-c3ncccn3)n2)CC1. The summed E-state index contributed by atoms with van der Waals surface area (Å²) in [5.74, 6) is 1.04. The van der Waals surface area contributed by atoms with Crippen LogP contribution in [0, 0.1) is 0 Å². The van der Waals surface area contributed by atoms with Crippen LogP contribution in [-0.4, -0.2) is 44.9 Å². The molecule has 1 N–H and O–H groups in total. The lowest BCUT2D eigenvalue weighted by Crippen LogP contribution is -2.44. The van der Waals surface area contributed by atoms with Crippen LogP contribution in [0.15, 0.2) is 46.7 Å². The minimum atomic E-state index is -0.0274. The summed E-state index contributed by atoms with van der Waals surface area (Å²) in [6.45, 7) is 2.18. The van der Waals surface area contributed by atoms with E-state index in [9.17, 15) is 4.79 Å². The topological polar surface area (TPSA) is 84.2 Å². The number of hydrogen-bond donors (Lipinski definition) is 1. The Balaban J connectivity index is 1.26. The van der Waals surface area contributed by atoms with Crippen LogP contribution in [-0.2, 0) is 6.54 Å². The van der Waals surface area contributed by atoms with E-state index < -0.39 is 0 Å². The molecule has 0 aromatic carbocycles. The fraction of sp³-hybridized carbons (Fsp3) is 0.333. The molecule has 0 aliphatic carbocycles. The second-order valence-corrected chi connectivity index (χ2v) is 7.00. The maximum atomic E-state index is 12.3. The predicted molar refractivity (Wildman–Crippen MR) is 97.6 cm³/mol. The number of hydrogen-bond acceptors (Lipinski definition) is 7. The zero-order chi connectivity index (χ0) is 17.8. The van der Waals surface area contributed by atoms with Gasteiger partial charge in [-0.1, -0.05) is 0 Å². The van der Waals surface area contributed by atoms with E-state index >= 15 is 0 Å². The normalized spacial score (nSPS) is 15.3. The molecule has 26 heavy (non-hydrogen) atoms. The smallest absolute Gasteiger partial charge is 0.289 e. The first-order valence-corrected chi connectivity index (χ1v) is 9.45. The van der Waals surface area contributed by atoms with Crippen LogP contribution < -0.4 is 5.32 Å². The minimum absolute atomic E-state index is 0.0274. The molecule has 3 aromatic heterocycles. The van der Waals surface area contributed by atoms with E-state index in [2.05, 4.69) is 20.3 Å². The van der Waals surface area contributed by atoms with Crippen LogP contribution in [0.3, 0.4) is 0 Å². The number of rotatable bonds is 5. The molecule has 134 valence electrons. The van der Waals surface area contributed by atoms with E-state index in [4.69, 9.17) is 4.42 Å². The standard InChI is InChI=1S/C18H19N5O2S/c24-18(15-3-1-10-25-15)23-8-4-13(5-9-23)21-11-14-12-26-17(22-14)16-19-6-2-7-20-16/h1-3,6-7,10,12-13,21H,4-5,8-9,11H2. The summed E-state index contributed by atoms with van der Waals surface area (Å²) in [5.41, 5.74) is 0.992. The van der Waals surface area contributed by atoms with Gasteiger partial charge in [0, 0.05) is 43.4 Å². The maximum absolute atomic E-state index is 12.3. The van der Waals surface area contributed by atoms with Crippen molar-refractivity contribution in [3.05, 3.63) is 53.7 Å². The Labute approximate surface area is 155 Å². The van der Waals surface area contributed by atoms with E-state index in [0.29, 0.717) is 24.2 Å². The lowest BCUT2D eigenvalue weighted by atomic mass is 10.0. The summed E-state index contributed by atoms with van der Waals surface area (Å²) >= 11 is 1.55. The van der Waals surface area contributed by atoms with Crippen molar-refractivity contribution in [2.75, 3.05) is 13.1 Å². The summed E-state index contributed by atoms with van der Waals surface area (Å²) in [4.78, 5) is 27.2. The maximum Gasteiger partial charge on any atom is 0.289 e. The number of piperidine rings is 1. The first-order chi connectivity index (χ1) is 12.8. The Hall–Kier alpha value is -2.58. The van der Waals surface area contributed by atoms with Gasteiger partial charge in [-0.05, 0) is 31.0 Å². The van der Waals surface area contributed by atoms with Crippen molar-refractivity contribution in [2.45, 2.75) is 25.4 Å². The van der Waals surface area contributed by atoms with Crippen molar-refractivity contribution < 1.29 is 9.21 Å². The molecular formula is C18H19N5O2S. The lowest BCUT2D eigenvalue weighted by molar-refractivity contribution is 0.0672. The van der Waals surface area contributed by atoms with Crippen molar-refractivity contribution >= 4 is 17.2 Å². The van der Waals surface area contributed by atoms with Gasteiger partial charge in [-0.15, -0.1) is 11.3 Å². The van der Waals surface area contributed by atoms with Gasteiger partial charge < -0.3 is 14.6 Å². The van der Waals surface area contributed by atoms with Gasteiger partial charge in [0.15, 0.2) is 16.6 Å². The zero-order valence-corrected chi connectivity index (χ0v) is 15.0. The predicted octanol–water partition coefficient (Wildman–Crippen LogP) is 2.59. The third-order valence-electron chi connectivity index (χ3n) is 4.39. The van der Waals surface area contributed by atoms with Gasteiger partial charge in [0.2, 0.25) is 0 Å². The van der Waals surface area contributed by atoms with E-state index in [1.807, 2.05) is 10.3 Å². The fourth-order valence-electron chi connectivity index (χ4n) is 2.99. The molecule has 1 amide bonds. The summed E-state index contributed by atoms with van der Waals surface area (Å²) < 4.78 is 5.20. The van der Waals surface area contributed by atoms with Crippen LogP contribution in [0.2, 0.25) is 0 Å². The van der Waals surface area contributed by atoms with Gasteiger partial charge in [-0.25, -0.2) is 15.0 Å². The average Bonchev–Trinajstić information content (AvgIpc) is 3.39. The second-order valence-electron chi connectivity index (χ2n) is 6.14. The Bertz CT molecular complexity index is 842. The summed E-state index contributed by atoms with van der Waals surface area (Å²) in [7, 11) is 0. The number of likely N-dealkylation sites (tertiary alicyclic amines) is 1. The first kappa shape index (κ1) is 16.9. The number of nitrogens with one attached hydrogen (secondary N) is 1. The van der Waals surface area contributed by atoms with Crippen molar-refractivity contribution in [2.24, 2.45) is 0 Å². The number of amides is 1. The number of furan rings is 1. The van der Waals surface area contributed by atoms with Crippen LogP contribution >= 0.6 is 11.3 Å². The van der Waals surface area contributed by atoms with Crippen molar-refractivity contribution in [1.29, 1.82) is 0 Å². The number of carbonyl (C=O) groups excluding carboxylic acids is 1. The molecule has 1 saturated heterocycles. The summed E-state index contributed by atoms with van der Waals surface area (Å²) in [5, 5.41) is 6.41. The average molecular weight is 369 g/mol. The number of carbonyl (C=O) groups is 1. The molecule has 4 heterocycles. The molecule has 0 saturated carbocycles. The largest absolute Gasteiger partial charge is 0.459 e. The highest BCUT2D eigenvalue weighted by atomic mass is 32.1. The third kappa shape index (κ3) is 3.81. The van der Waals surface area contributed by atoms with Crippen LogP contribution in [0.1, 0.15) is 29.1 Å². The summed E-state index contributed by atoms with van der Waals surface area (Å²) in [6, 6.07) is 5.63. The summed E-state index contributed by atoms with van der Waals surface area (Å²) in [6.07, 6.45) is 6.82. The van der Waals surface area contributed by atoms with E-state index in [1.54, 1.807) is 41.9 Å². The Kier molecular flexibility index (Phi) is 5.03. The molecule has 0 spiro atoms. The van der Waals surface area contributed by atoms with Gasteiger partial charge >= 0.3 is 0 Å². The van der Waals surface area contributed by atoms with Gasteiger partial charge in [0.05, 0.1) is 12.0 Å². The molecule has 0 radical (unpaired) electrons. The minimum Gasteiger partial charge on any atom is -0.459 e. The van der Waals surface area contributed by atoms with Crippen molar-refractivity contribution in [1.82, 2.24) is 25.2 Å². The molecule has 1 aliphatic rings. The molecule has 8 heteroatoms. The molecule has 0 unspecified atom stereocenters. The third-order valence-corrected chi connectivity index (χ3v) is 5.28. The monoisotopic (exact) mass is 369 g/mol. The molecule has 1 fully saturated rings. The van der Waals surface area contributed by atoms with Crippen LogP contribution in [0.25, 0.3) is 10.8 Å². The molecule has 1 aliphatic heterocycles. The molecule has 0 atom stereocenters. The van der Waals surface area contributed by atoms with Gasteiger partial charge in [-0.3, -0.25) is 4.79 Å². The second kappa shape index (κ2) is 7.76. The zero-order valence-electron chi connectivity index (χ0n) is 14.2. The first-order valence-electron chi connectivity index (χ1n) is 8.57. The van der Waals surface area contributed by atoms with Crippen molar-refractivity contribution in [3.8, 4) is 10.8 Å². The van der Waals surface area contributed by atoms with Gasteiger partial charge in [-0.2, -0.15) is 0 Å². The lowest BCUT2D eigenvalue weighted by Gasteiger charge is -2.31. The van der Waals surface area contributed by atoms with Crippen LogP contribution in [0.4, 0.5) is 0 Å². The molecule has 7 nitrogen and oxygen atoms in total.